The molecule has 1 aliphatic carbocycles. The molecule has 1 saturated carbocycles. The first-order valence-electron chi connectivity index (χ1n) is 6.98. The lowest BCUT2D eigenvalue weighted by atomic mass is 9.91. The van der Waals surface area contributed by atoms with Gasteiger partial charge in [0.1, 0.15) is 5.82 Å². The fraction of sp³-hybridized carbons (Fsp3) is 0.533. The van der Waals surface area contributed by atoms with Crippen LogP contribution in [0.15, 0.2) is 18.2 Å². The summed E-state index contributed by atoms with van der Waals surface area (Å²) in [5, 5.41) is 17.8. The molecule has 0 radical (unpaired) electrons. The van der Waals surface area contributed by atoms with Gasteiger partial charge in [-0.2, -0.15) is 0 Å². The molecule has 1 aromatic rings. The normalized spacial score (nSPS) is 15.3. The average Bonchev–Trinajstić information content (AvgIpc) is 2.33. The van der Waals surface area contributed by atoms with Gasteiger partial charge in [-0.3, -0.25) is 4.90 Å². The molecule has 0 spiro atoms. The highest BCUT2D eigenvalue weighted by atomic mass is 19.1. The van der Waals surface area contributed by atoms with Crippen LogP contribution < -0.4 is 0 Å². The van der Waals surface area contributed by atoms with Gasteiger partial charge in [-0.05, 0) is 37.0 Å². The zero-order valence-electron chi connectivity index (χ0n) is 11.4. The van der Waals surface area contributed by atoms with Crippen LogP contribution in [-0.2, 0) is 6.54 Å². The molecule has 1 fully saturated rings. The zero-order chi connectivity index (χ0) is 14.5. The molecule has 110 valence electrons. The Hall–Kier alpha value is -1.46. The number of carbonyl (C=O) groups is 1. The van der Waals surface area contributed by atoms with Crippen molar-refractivity contribution in [3.63, 3.8) is 0 Å². The number of carboxylic acid groups (broad SMARTS) is 1. The zero-order valence-corrected chi connectivity index (χ0v) is 11.4. The molecule has 0 aromatic heterocycles. The SMILES string of the molecule is O=C(O)c1ccc(CN(CCCO)C2CCC2)cc1F. The Kier molecular flexibility index (Phi) is 5.09. The van der Waals surface area contributed by atoms with Crippen LogP contribution in [0, 0.1) is 5.82 Å². The average molecular weight is 281 g/mol. The molecule has 0 unspecified atom stereocenters. The van der Waals surface area contributed by atoms with Crippen LogP contribution in [-0.4, -0.2) is 40.3 Å². The lowest BCUT2D eigenvalue weighted by molar-refractivity contribution is 0.0691. The fourth-order valence-electron chi connectivity index (χ4n) is 2.48. The number of carboxylic acids is 1. The minimum atomic E-state index is -1.25. The van der Waals surface area contributed by atoms with E-state index in [4.69, 9.17) is 10.2 Å². The van der Waals surface area contributed by atoms with Gasteiger partial charge >= 0.3 is 5.97 Å². The minimum absolute atomic E-state index is 0.148. The van der Waals surface area contributed by atoms with Crippen molar-refractivity contribution in [3.8, 4) is 0 Å². The summed E-state index contributed by atoms with van der Waals surface area (Å²) in [6, 6.07) is 4.78. The summed E-state index contributed by atoms with van der Waals surface area (Å²) >= 11 is 0. The maximum absolute atomic E-state index is 13.7. The van der Waals surface area contributed by atoms with Gasteiger partial charge in [-0.25, -0.2) is 9.18 Å². The van der Waals surface area contributed by atoms with Crippen LogP contribution in [0.2, 0.25) is 0 Å². The maximum Gasteiger partial charge on any atom is 0.338 e. The standard InChI is InChI=1S/C15H20FNO3/c16-14-9-11(5-6-13(14)15(19)20)10-17(7-2-8-18)12-3-1-4-12/h5-6,9,12,18H,1-4,7-8,10H2,(H,19,20). The quantitative estimate of drug-likeness (QED) is 0.805. The Morgan fingerprint density at radius 3 is 2.65 bits per heavy atom. The first kappa shape index (κ1) is 14.9. The number of aliphatic hydroxyl groups excluding tert-OH is 1. The number of benzene rings is 1. The Labute approximate surface area is 117 Å². The monoisotopic (exact) mass is 281 g/mol. The molecule has 2 rings (SSSR count). The highest BCUT2D eigenvalue weighted by molar-refractivity contribution is 5.87. The van der Waals surface area contributed by atoms with Crippen molar-refractivity contribution in [2.45, 2.75) is 38.3 Å². The van der Waals surface area contributed by atoms with Crippen LogP contribution in [0.5, 0.6) is 0 Å². The Balaban J connectivity index is 2.05. The highest BCUT2D eigenvalue weighted by Crippen LogP contribution is 2.26. The Morgan fingerprint density at radius 2 is 2.15 bits per heavy atom. The van der Waals surface area contributed by atoms with Crippen LogP contribution in [0.1, 0.15) is 41.6 Å². The van der Waals surface area contributed by atoms with Crippen molar-refractivity contribution >= 4 is 5.97 Å². The summed E-state index contributed by atoms with van der Waals surface area (Å²) in [4.78, 5) is 13.0. The van der Waals surface area contributed by atoms with E-state index in [1.807, 2.05) is 0 Å². The van der Waals surface area contributed by atoms with E-state index in [0.717, 1.165) is 24.9 Å². The topological polar surface area (TPSA) is 60.8 Å². The summed E-state index contributed by atoms with van der Waals surface area (Å²) in [6.45, 7) is 1.53. The van der Waals surface area contributed by atoms with Gasteiger partial charge in [-0.1, -0.05) is 12.5 Å². The molecule has 2 N–H and O–H groups in total. The van der Waals surface area contributed by atoms with E-state index in [1.165, 1.54) is 18.6 Å². The molecule has 0 saturated heterocycles. The maximum atomic E-state index is 13.7. The number of hydrogen-bond acceptors (Lipinski definition) is 3. The third-order valence-electron chi connectivity index (χ3n) is 3.84. The summed E-state index contributed by atoms with van der Waals surface area (Å²) in [5.74, 6) is -1.93. The van der Waals surface area contributed by atoms with E-state index in [9.17, 15) is 9.18 Å². The summed E-state index contributed by atoms with van der Waals surface area (Å²) < 4.78 is 13.7. The van der Waals surface area contributed by atoms with E-state index in [0.29, 0.717) is 19.0 Å². The lowest BCUT2D eigenvalue weighted by Crippen LogP contribution is -2.40. The molecule has 1 aliphatic rings. The predicted molar refractivity (Wildman–Crippen MR) is 73.1 cm³/mol. The van der Waals surface area contributed by atoms with Crippen LogP contribution in [0.25, 0.3) is 0 Å². The number of rotatable bonds is 7. The molecule has 0 heterocycles. The van der Waals surface area contributed by atoms with Gasteiger partial charge in [-0.15, -0.1) is 0 Å². The number of aliphatic hydroxyl groups is 1. The number of nitrogens with zero attached hydrogens (tertiary/aromatic N) is 1. The summed E-state index contributed by atoms with van der Waals surface area (Å²) in [5.41, 5.74) is 0.483. The molecular formula is C15H20FNO3. The van der Waals surface area contributed by atoms with E-state index in [1.54, 1.807) is 6.07 Å². The highest BCUT2D eigenvalue weighted by Gasteiger charge is 2.24. The Morgan fingerprint density at radius 1 is 1.40 bits per heavy atom. The molecule has 0 amide bonds. The van der Waals surface area contributed by atoms with Crippen LogP contribution >= 0.6 is 0 Å². The molecule has 20 heavy (non-hydrogen) atoms. The predicted octanol–water partition coefficient (Wildman–Crippen LogP) is 2.26. The van der Waals surface area contributed by atoms with Gasteiger partial charge < -0.3 is 10.2 Å². The van der Waals surface area contributed by atoms with Gasteiger partial charge in [0.25, 0.3) is 0 Å². The summed E-state index contributed by atoms with van der Waals surface area (Å²) in [6.07, 6.45) is 4.20. The number of hydrogen-bond donors (Lipinski definition) is 2. The lowest BCUT2D eigenvalue weighted by Gasteiger charge is -2.37. The van der Waals surface area contributed by atoms with Crippen LogP contribution in [0.3, 0.4) is 0 Å². The van der Waals surface area contributed by atoms with Crippen molar-refractivity contribution in [1.29, 1.82) is 0 Å². The molecular weight excluding hydrogens is 261 g/mol. The van der Waals surface area contributed by atoms with Gasteiger partial charge in [0, 0.05) is 25.7 Å². The molecule has 0 bridgehead atoms. The van der Waals surface area contributed by atoms with Gasteiger partial charge in [0.15, 0.2) is 0 Å². The Bertz CT molecular complexity index is 474. The third kappa shape index (κ3) is 3.55. The molecule has 0 aliphatic heterocycles. The minimum Gasteiger partial charge on any atom is -0.478 e. The van der Waals surface area contributed by atoms with Crippen molar-refractivity contribution in [2.75, 3.05) is 13.2 Å². The second kappa shape index (κ2) is 6.81. The van der Waals surface area contributed by atoms with E-state index < -0.39 is 11.8 Å². The second-order valence-electron chi connectivity index (χ2n) is 5.25. The first-order valence-corrected chi connectivity index (χ1v) is 6.98. The van der Waals surface area contributed by atoms with Crippen LogP contribution in [0.4, 0.5) is 4.39 Å². The molecule has 5 heteroatoms. The van der Waals surface area contributed by atoms with E-state index >= 15 is 0 Å². The number of halogens is 1. The number of aromatic carboxylic acids is 1. The summed E-state index contributed by atoms with van der Waals surface area (Å²) in [7, 11) is 0. The third-order valence-corrected chi connectivity index (χ3v) is 3.84. The first-order chi connectivity index (χ1) is 9.61. The molecule has 4 nitrogen and oxygen atoms in total. The molecule has 0 atom stereocenters. The smallest absolute Gasteiger partial charge is 0.338 e. The van der Waals surface area contributed by atoms with Crippen molar-refractivity contribution < 1.29 is 19.4 Å². The second-order valence-corrected chi connectivity index (χ2v) is 5.25. The van der Waals surface area contributed by atoms with E-state index in [2.05, 4.69) is 4.90 Å². The van der Waals surface area contributed by atoms with Gasteiger partial charge in [0.2, 0.25) is 0 Å². The fourth-order valence-corrected chi connectivity index (χ4v) is 2.48. The largest absolute Gasteiger partial charge is 0.478 e. The van der Waals surface area contributed by atoms with Crippen molar-refractivity contribution in [3.05, 3.63) is 35.1 Å². The van der Waals surface area contributed by atoms with E-state index in [-0.39, 0.29) is 12.2 Å². The van der Waals surface area contributed by atoms with Gasteiger partial charge in [0.05, 0.1) is 5.56 Å². The van der Waals surface area contributed by atoms with Crippen molar-refractivity contribution in [1.82, 2.24) is 4.90 Å². The van der Waals surface area contributed by atoms with Crippen molar-refractivity contribution in [2.24, 2.45) is 0 Å². The molecule has 1 aromatic carbocycles.